The van der Waals surface area contributed by atoms with Crippen LogP contribution in [-0.4, -0.2) is 39.3 Å². The van der Waals surface area contributed by atoms with E-state index in [0.29, 0.717) is 5.57 Å². The predicted molar refractivity (Wildman–Crippen MR) is 80.2 cm³/mol. The molecule has 0 fully saturated rings. The summed E-state index contributed by atoms with van der Waals surface area (Å²) in [7, 11) is -3.08. The highest BCUT2D eigenvalue weighted by Crippen LogP contribution is 2.18. The van der Waals surface area contributed by atoms with Gasteiger partial charge in [-0.05, 0) is 48.5 Å². The Balaban J connectivity index is 5.04. The minimum absolute atomic E-state index is 0.00671. The Hall–Kier alpha value is -0.693. The summed E-state index contributed by atoms with van der Waals surface area (Å²) in [4.78, 5) is 11.6. The molecule has 0 rings (SSSR count). The first-order chi connectivity index (χ1) is 9.08. The standard InChI is InChI=1S/C14H28O5Si/c1-10(2)14(15)16-9-20(17-11(3)4,18-12(5)6)19-13(7)8/h11-13H,1,9H2,2-8H3. The number of hydrogen-bond donors (Lipinski definition) is 0. The fourth-order valence-electron chi connectivity index (χ4n) is 1.54. The van der Waals surface area contributed by atoms with Gasteiger partial charge in [-0.15, -0.1) is 0 Å². The van der Waals surface area contributed by atoms with E-state index >= 15 is 0 Å². The Morgan fingerprint density at radius 2 is 1.30 bits per heavy atom. The molecule has 0 bridgehead atoms. The molecule has 118 valence electrons. The lowest BCUT2D eigenvalue weighted by atomic mass is 10.4. The van der Waals surface area contributed by atoms with Gasteiger partial charge in [0.15, 0.2) is 6.23 Å². The van der Waals surface area contributed by atoms with Gasteiger partial charge in [0.1, 0.15) is 0 Å². The molecule has 0 heterocycles. The van der Waals surface area contributed by atoms with Crippen molar-refractivity contribution in [1.82, 2.24) is 0 Å². The zero-order chi connectivity index (χ0) is 15.9. The van der Waals surface area contributed by atoms with Crippen molar-refractivity contribution in [2.24, 2.45) is 0 Å². The van der Waals surface area contributed by atoms with Gasteiger partial charge in [-0.1, -0.05) is 6.58 Å². The van der Waals surface area contributed by atoms with Crippen LogP contribution >= 0.6 is 0 Å². The number of esters is 1. The van der Waals surface area contributed by atoms with E-state index < -0.39 is 14.8 Å². The minimum atomic E-state index is -3.08. The maximum Gasteiger partial charge on any atom is 0.541 e. The van der Waals surface area contributed by atoms with Crippen LogP contribution in [0.25, 0.3) is 0 Å². The normalized spacial score (nSPS) is 12.3. The molecule has 0 radical (unpaired) electrons. The smallest absolute Gasteiger partial charge is 0.458 e. The highest BCUT2D eigenvalue weighted by Gasteiger charge is 2.46. The Bertz CT molecular complexity index is 299. The van der Waals surface area contributed by atoms with Gasteiger partial charge in [-0.2, -0.15) is 0 Å². The van der Waals surface area contributed by atoms with Crippen molar-refractivity contribution in [2.75, 3.05) is 6.23 Å². The van der Waals surface area contributed by atoms with Gasteiger partial charge in [0.05, 0.1) is 0 Å². The van der Waals surface area contributed by atoms with Crippen molar-refractivity contribution in [3.05, 3.63) is 12.2 Å². The summed E-state index contributed by atoms with van der Waals surface area (Å²) >= 11 is 0. The molecule has 0 aliphatic carbocycles. The van der Waals surface area contributed by atoms with Crippen LogP contribution in [0.15, 0.2) is 12.2 Å². The van der Waals surface area contributed by atoms with Gasteiger partial charge in [-0.25, -0.2) is 4.79 Å². The average Bonchev–Trinajstić information content (AvgIpc) is 2.22. The largest absolute Gasteiger partial charge is 0.541 e. The van der Waals surface area contributed by atoms with E-state index in [9.17, 15) is 4.79 Å². The Kier molecular flexibility index (Phi) is 8.27. The highest BCUT2D eigenvalue weighted by atomic mass is 28.4. The summed E-state index contributed by atoms with van der Waals surface area (Å²) < 4.78 is 22.9. The molecular formula is C14H28O5Si. The molecular weight excluding hydrogens is 276 g/mol. The van der Waals surface area contributed by atoms with Crippen LogP contribution in [-0.2, 0) is 22.8 Å². The van der Waals surface area contributed by atoms with E-state index in [0.717, 1.165) is 0 Å². The van der Waals surface area contributed by atoms with Crippen molar-refractivity contribution in [3.8, 4) is 0 Å². The van der Waals surface area contributed by atoms with Crippen molar-refractivity contribution in [2.45, 2.75) is 66.8 Å². The number of rotatable bonds is 9. The number of hydrogen-bond acceptors (Lipinski definition) is 5. The van der Waals surface area contributed by atoms with E-state index in [1.54, 1.807) is 6.92 Å². The summed E-state index contributed by atoms with van der Waals surface area (Å²) in [5.74, 6) is -0.464. The maximum atomic E-state index is 11.6. The van der Waals surface area contributed by atoms with Crippen LogP contribution in [0.5, 0.6) is 0 Å². The van der Waals surface area contributed by atoms with Gasteiger partial charge >= 0.3 is 14.8 Å². The average molecular weight is 304 g/mol. The van der Waals surface area contributed by atoms with E-state index in [1.807, 2.05) is 41.5 Å². The molecule has 20 heavy (non-hydrogen) atoms. The minimum Gasteiger partial charge on any atom is -0.458 e. The lowest BCUT2D eigenvalue weighted by Crippen LogP contribution is -2.55. The van der Waals surface area contributed by atoms with Crippen LogP contribution in [0.3, 0.4) is 0 Å². The number of carbonyl (C=O) groups excluding carboxylic acids is 1. The van der Waals surface area contributed by atoms with E-state index in [2.05, 4.69) is 6.58 Å². The Morgan fingerprint density at radius 3 is 1.55 bits per heavy atom. The van der Waals surface area contributed by atoms with Crippen LogP contribution < -0.4 is 0 Å². The SMILES string of the molecule is C=C(C)C(=O)OC[Si](OC(C)C)(OC(C)C)OC(C)C. The van der Waals surface area contributed by atoms with E-state index in [-0.39, 0.29) is 24.5 Å². The monoisotopic (exact) mass is 304 g/mol. The van der Waals surface area contributed by atoms with E-state index in [1.165, 1.54) is 0 Å². The molecule has 5 nitrogen and oxygen atoms in total. The highest BCUT2D eigenvalue weighted by molar-refractivity contribution is 6.61. The number of ether oxygens (including phenoxy) is 1. The zero-order valence-corrected chi connectivity index (χ0v) is 14.7. The molecule has 0 amide bonds. The first-order valence-electron chi connectivity index (χ1n) is 6.94. The second-order valence-corrected chi connectivity index (χ2v) is 7.90. The van der Waals surface area contributed by atoms with Gasteiger partial charge in [0, 0.05) is 23.9 Å². The molecule has 0 aromatic rings. The molecule has 0 spiro atoms. The van der Waals surface area contributed by atoms with Gasteiger partial charge < -0.3 is 18.0 Å². The van der Waals surface area contributed by atoms with Crippen molar-refractivity contribution < 1.29 is 22.8 Å². The van der Waals surface area contributed by atoms with E-state index in [4.69, 9.17) is 18.0 Å². The van der Waals surface area contributed by atoms with Crippen LogP contribution in [0.1, 0.15) is 48.5 Å². The summed E-state index contributed by atoms with van der Waals surface area (Å²) in [6.07, 6.45) is -0.249. The summed E-state index contributed by atoms with van der Waals surface area (Å²) in [5.41, 5.74) is 0.339. The summed E-state index contributed by atoms with van der Waals surface area (Å²) in [6.45, 7) is 16.5. The number of carbonyl (C=O) groups is 1. The first kappa shape index (κ1) is 19.3. The van der Waals surface area contributed by atoms with Crippen LogP contribution in [0, 0.1) is 0 Å². The third-order valence-corrected chi connectivity index (χ3v) is 4.96. The summed E-state index contributed by atoms with van der Waals surface area (Å²) in [6, 6.07) is 0. The second-order valence-electron chi connectivity index (χ2n) is 5.54. The Morgan fingerprint density at radius 1 is 0.950 bits per heavy atom. The van der Waals surface area contributed by atoms with Crippen molar-refractivity contribution >= 4 is 14.8 Å². The van der Waals surface area contributed by atoms with Crippen LogP contribution in [0.4, 0.5) is 0 Å². The van der Waals surface area contributed by atoms with Crippen LogP contribution in [0.2, 0.25) is 0 Å². The molecule has 0 aliphatic rings. The lowest BCUT2D eigenvalue weighted by Gasteiger charge is -2.33. The molecule has 6 heteroatoms. The Labute approximate surface area is 123 Å². The van der Waals surface area contributed by atoms with Crippen molar-refractivity contribution in [1.29, 1.82) is 0 Å². The quantitative estimate of drug-likeness (QED) is 0.372. The molecule has 0 atom stereocenters. The molecule has 0 aromatic heterocycles. The fourth-order valence-corrected chi connectivity index (χ4v) is 4.37. The van der Waals surface area contributed by atoms with Gasteiger partial charge in [0.2, 0.25) is 0 Å². The molecule has 0 saturated heterocycles. The fraction of sp³-hybridized carbons (Fsp3) is 0.786. The maximum absolute atomic E-state index is 11.6. The molecule has 0 unspecified atom stereocenters. The molecule has 0 N–H and O–H groups in total. The molecule has 0 saturated carbocycles. The third kappa shape index (κ3) is 7.79. The topological polar surface area (TPSA) is 54.0 Å². The first-order valence-corrected chi connectivity index (χ1v) is 8.87. The summed E-state index contributed by atoms with van der Waals surface area (Å²) in [5, 5.41) is 0. The lowest BCUT2D eigenvalue weighted by molar-refractivity contribution is -0.139. The third-order valence-electron chi connectivity index (χ3n) is 1.97. The van der Waals surface area contributed by atoms with Gasteiger partial charge in [0.25, 0.3) is 0 Å². The second kappa shape index (κ2) is 8.56. The predicted octanol–water partition coefficient (Wildman–Crippen LogP) is 2.86. The zero-order valence-electron chi connectivity index (χ0n) is 13.7. The molecule has 0 aromatic carbocycles. The molecule has 0 aliphatic heterocycles. The van der Waals surface area contributed by atoms with Gasteiger partial charge in [-0.3, -0.25) is 0 Å². The van der Waals surface area contributed by atoms with Crippen molar-refractivity contribution in [3.63, 3.8) is 0 Å².